The Kier molecular flexibility index (Phi) is 3.19. The van der Waals surface area contributed by atoms with Crippen LogP contribution in [-0.2, 0) is 9.84 Å². The zero-order chi connectivity index (χ0) is 10.6. The van der Waals surface area contributed by atoms with Gasteiger partial charge in [-0.1, -0.05) is 0 Å². The van der Waals surface area contributed by atoms with Crippen molar-refractivity contribution in [3.05, 3.63) is 24.3 Å². The van der Waals surface area contributed by atoms with Crippen LogP contribution in [0.4, 0.5) is 0 Å². The molecule has 1 aromatic carbocycles. The Balaban J connectivity index is 3.03. The number of hydrogen-bond donors (Lipinski definition) is 1. The third kappa shape index (κ3) is 2.29. The molecule has 0 aliphatic heterocycles. The molecule has 76 valence electrons. The third-order valence-corrected chi connectivity index (χ3v) is 3.11. The summed E-state index contributed by atoms with van der Waals surface area (Å²) in [5.41, 5.74) is 6.51. The van der Waals surface area contributed by atoms with Crippen LogP contribution in [0.1, 0.15) is 0 Å². The fourth-order valence-electron chi connectivity index (χ4n) is 0.943. The number of benzene rings is 1. The summed E-state index contributed by atoms with van der Waals surface area (Å²) in [7, 11) is -1.94. The van der Waals surface area contributed by atoms with Crippen molar-refractivity contribution in [3.63, 3.8) is 0 Å². The van der Waals surface area contributed by atoms with E-state index in [1.165, 1.54) is 19.2 Å². The molecule has 0 heterocycles. The lowest BCUT2D eigenvalue weighted by atomic mass is 10.3. The van der Waals surface area contributed by atoms with E-state index in [2.05, 4.69) is 5.11 Å². The van der Waals surface area contributed by atoms with Crippen molar-refractivity contribution in [1.29, 1.82) is 5.53 Å². The normalized spacial score (nSPS) is 10.9. The monoisotopic (exact) mass is 214 g/mol. The lowest BCUT2D eigenvalue weighted by Crippen LogP contribution is -2.03. The van der Waals surface area contributed by atoms with Crippen LogP contribution < -0.4 is 4.74 Å². The summed E-state index contributed by atoms with van der Waals surface area (Å²) in [6, 6.07) is 5.96. The van der Waals surface area contributed by atoms with Crippen LogP contribution in [0.5, 0.6) is 5.75 Å². The van der Waals surface area contributed by atoms with Gasteiger partial charge in [0.15, 0.2) is 15.7 Å². The van der Waals surface area contributed by atoms with Crippen molar-refractivity contribution in [1.82, 2.24) is 0 Å². The van der Waals surface area contributed by atoms with Crippen molar-refractivity contribution in [2.75, 3.05) is 13.0 Å². The predicted molar refractivity (Wildman–Crippen MR) is 50.2 cm³/mol. The molecule has 1 aromatic rings. The molecule has 0 aliphatic rings. The van der Waals surface area contributed by atoms with Crippen LogP contribution in [0.25, 0.3) is 0 Å². The second kappa shape index (κ2) is 4.19. The molecular weight excluding hydrogens is 204 g/mol. The first-order valence-electron chi connectivity index (χ1n) is 3.80. The highest BCUT2D eigenvalue weighted by molar-refractivity contribution is 7.91. The number of hydrogen-bond acceptors (Lipinski definition) is 5. The van der Waals surface area contributed by atoms with Crippen LogP contribution >= 0.6 is 0 Å². The maximum absolute atomic E-state index is 11.4. The van der Waals surface area contributed by atoms with E-state index in [4.69, 9.17) is 10.3 Å². The van der Waals surface area contributed by atoms with Gasteiger partial charge in [-0.2, -0.15) is 5.11 Å². The largest absolute Gasteiger partial charge is 0.497 e. The molecule has 0 bridgehead atoms. The summed E-state index contributed by atoms with van der Waals surface area (Å²) in [4.78, 5) is 0.148. The van der Waals surface area contributed by atoms with E-state index in [1.807, 2.05) is 0 Å². The van der Waals surface area contributed by atoms with Gasteiger partial charge in [0.25, 0.3) is 0 Å². The molecule has 0 atom stereocenters. The fourth-order valence-corrected chi connectivity index (χ4v) is 1.81. The molecule has 1 rings (SSSR count). The summed E-state index contributed by atoms with van der Waals surface area (Å²) >= 11 is 0. The van der Waals surface area contributed by atoms with E-state index < -0.39 is 15.7 Å². The Morgan fingerprint density at radius 2 is 1.93 bits per heavy atom. The molecule has 0 fully saturated rings. The molecule has 0 saturated carbocycles. The van der Waals surface area contributed by atoms with E-state index in [9.17, 15) is 8.42 Å². The van der Waals surface area contributed by atoms with Crippen LogP contribution in [0.15, 0.2) is 34.3 Å². The zero-order valence-electron chi connectivity index (χ0n) is 7.60. The molecule has 6 heteroatoms. The van der Waals surface area contributed by atoms with Crippen molar-refractivity contribution in [2.45, 2.75) is 4.90 Å². The molecule has 0 amide bonds. The lowest BCUT2D eigenvalue weighted by molar-refractivity contribution is 0.414. The molecule has 5 nitrogen and oxygen atoms in total. The van der Waals surface area contributed by atoms with Gasteiger partial charge in [0.05, 0.1) is 12.0 Å². The first-order valence-corrected chi connectivity index (χ1v) is 5.45. The first kappa shape index (κ1) is 10.6. The Morgan fingerprint density at radius 1 is 1.36 bits per heavy atom. The van der Waals surface area contributed by atoms with E-state index in [1.54, 1.807) is 12.1 Å². The zero-order valence-corrected chi connectivity index (χ0v) is 8.41. The Bertz CT molecular complexity index is 411. The van der Waals surface area contributed by atoms with Crippen LogP contribution in [0.3, 0.4) is 0 Å². The van der Waals surface area contributed by atoms with Gasteiger partial charge in [0.2, 0.25) is 0 Å². The SMILES string of the molecule is COc1ccc(S(=O)(=O)CN=N)cc1. The van der Waals surface area contributed by atoms with Gasteiger partial charge in [0.1, 0.15) is 5.75 Å². The van der Waals surface area contributed by atoms with Crippen molar-refractivity contribution in [3.8, 4) is 5.75 Å². The second-order valence-corrected chi connectivity index (χ2v) is 4.54. The van der Waals surface area contributed by atoms with E-state index >= 15 is 0 Å². The first-order chi connectivity index (χ1) is 6.60. The molecule has 14 heavy (non-hydrogen) atoms. The number of nitrogens with zero attached hydrogens (tertiary/aromatic N) is 1. The second-order valence-electron chi connectivity index (χ2n) is 2.58. The summed E-state index contributed by atoms with van der Waals surface area (Å²) in [6.45, 7) is 0. The number of nitrogens with one attached hydrogen (secondary N) is 1. The van der Waals surface area contributed by atoms with Gasteiger partial charge >= 0.3 is 0 Å². The number of methoxy groups -OCH3 is 1. The van der Waals surface area contributed by atoms with Crippen LogP contribution in [-0.4, -0.2) is 21.4 Å². The van der Waals surface area contributed by atoms with E-state index in [0.29, 0.717) is 5.75 Å². The highest BCUT2D eigenvalue weighted by atomic mass is 32.2. The van der Waals surface area contributed by atoms with Crippen molar-refractivity contribution in [2.24, 2.45) is 5.11 Å². The average Bonchev–Trinajstić information content (AvgIpc) is 2.18. The molecule has 0 aliphatic carbocycles. The summed E-state index contributed by atoms with van der Waals surface area (Å²) in [6.07, 6.45) is 0. The maximum Gasteiger partial charge on any atom is 0.200 e. The van der Waals surface area contributed by atoms with E-state index in [-0.39, 0.29) is 4.90 Å². The van der Waals surface area contributed by atoms with Crippen LogP contribution in [0, 0.1) is 5.53 Å². The third-order valence-electron chi connectivity index (χ3n) is 1.65. The van der Waals surface area contributed by atoms with Crippen molar-refractivity contribution >= 4 is 9.84 Å². The minimum atomic E-state index is -3.45. The van der Waals surface area contributed by atoms with Crippen LogP contribution in [0.2, 0.25) is 0 Å². The smallest absolute Gasteiger partial charge is 0.200 e. The Labute approximate surface area is 82.1 Å². The topological polar surface area (TPSA) is 79.6 Å². The van der Waals surface area contributed by atoms with Crippen molar-refractivity contribution < 1.29 is 13.2 Å². The lowest BCUT2D eigenvalue weighted by Gasteiger charge is -2.02. The Morgan fingerprint density at radius 3 is 2.36 bits per heavy atom. The molecule has 1 N–H and O–H groups in total. The summed E-state index contributed by atoms with van der Waals surface area (Å²) < 4.78 is 27.6. The number of sulfone groups is 1. The standard InChI is InChI=1S/C8H10N2O3S/c1-13-7-2-4-8(5-3-7)14(11,12)6-10-9/h2-5,9H,6H2,1H3. The molecule has 0 spiro atoms. The number of rotatable bonds is 4. The molecule has 0 aromatic heterocycles. The minimum absolute atomic E-state index is 0.148. The maximum atomic E-state index is 11.4. The fraction of sp³-hybridized carbons (Fsp3) is 0.250. The van der Waals surface area contributed by atoms with Gasteiger partial charge in [-0.3, -0.25) is 0 Å². The minimum Gasteiger partial charge on any atom is -0.497 e. The van der Waals surface area contributed by atoms with Gasteiger partial charge in [-0.15, -0.1) is 0 Å². The average molecular weight is 214 g/mol. The van der Waals surface area contributed by atoms with Gasteiger partial charge in [0, 0.05) is 0 Å². The molecule has 0 unspecified atom stereocenters. The predicted octanol–water partition coefficient (Wildman–Crippen LogP) is 1.46. The van der Waals surface area contributed by atoms with Gasteiger partial charge in [-0.05, 0) is 24.3 Å². The molecular formula is C8H10N2O3S. The Hall–Kier alpha value is -1.43. The highest BCUT2D eigenvalue weighted by Gasteiger charge is 2.12. The van der Waals surface area contributed by atoms with Gasteiger partial charge < -0.3 is 4.74 Å². The number of ether oxygens (including phenoxy) is 1. The quantitative estimate of drug-likeness (QED) is 0.770. The van der Waals surface area contributed by atoms with E-state index in [0.717, 1.165) is 0 Å². The molecule has 0 radical (unpaired) electrons. The summed E-state index contributed by atoms with van der Waals surface area (Å²) in [5.74, 6) is 0.0750. The van der Waals surface area contributed by atoms with Gasteiger partial charge in [-0.25, -0.2) is 13.9 Å². The molecule has 0 saturated heterocycles. The highest BCUT2D eigenvalue weighted by Crippen LogP contribution is 2.16. The summed E-state index contributed by atoms with van der Waals surface area (Å²) in [5, 5.41) is 2.86.